The normalized spacial score (nSPS) is 24.1. The molecule has 0 amide bonds. The van der Waals surface area contributed by atoms with Crippen LogP contribution in [0.25, 0.3) is 0 Å². The molecule has 4 heteroatoms. The van der Waals surface area contributed by atoms with Gasteiger partial charge in [-0.3, -0.25) is 0 Å². The Morgan fingerprint density at radius 3 is 2.86 bits per heavy atom. The first-order valence-corrected chi connectivity index (χ1v) is 4.42. The SMILES string of the molecule is N#Cc1cc(F)ccc1NC1CC1N. The van der Waals surface area contributed by atoms with Gasteiger partial charge in [0, 0.05) is 12.1 Å². The summed E-state index contributed by atoms with van der Waals surface area (Å²) in [5, 5.41) is 11.9. The minimum Gasteiger partial charge on any atom is -0.380 e. The Balaban J connectivity index is 2.20. The van der Waals surface area contributed by atoms with Crippen LogP contribution in [0.15, 0.2) is 18.2 Å². The molecule has 1 saturated carbocycles. The molecule has 0 bridgehead atoms. The number of nitriles is 1. The lowest BCUT2D eigenvalue weighted by molar-refractivity contribution is 0.627. The zero-order valence-electron chi connectivity index (χ0n) is 7.50. The predicted octanol–water partition coefficient (Wildman–Crippen LogP) is 1.21. The van der Waals surface area contributed by atoms with E-state index in [0.29, 0.717) is 11.3 Å². The van der Waals surface area contributed by atoms with Gasteiger partial charge in [0.2, 0.25) is 0 Å². The van der Waals surface area contributed by atoms with Crippen molar-refractivity contribution in [3.05, 3.63) is 29.6 Å². The van der Waals surface area contributed by atoms with Gasteiger partial charge in [0.1, 0.15) is 11.9 Å². The number of benzene rings is 1. The smallest absolute Gasteiger partial charge is 0.124 e. The first-order valence-electron chi connectivity index (χ1n) is 4.42. The highest BCUT2D eigenvalue weighted by Gasteiger charge is 2.33. The van der Waals surface area contributed by atoms with Gasteiger partial charge in [0.05, 0.1) is 11.3 Å². The highest BCUT2D eigenvalue weighted by atomic mass is 19.1. The zero-order chi connectivity index (χ0) is 10.1. The van der Waals surface area contributed by atoms with Crippen molar-refractivity contribution in [3.8, 4) is 6.07 Å². The molecular formula is C10H10FN3. The van der Waals surface area contributed by atoms with Crippen molar-refractivity contribution in [1.29, 1.82) is 5.26 Å². The van der Waals surface area contributed by atoms with Gasteiger partial charge in [-0.1, -0.05) is 0 Å². The summed E-state index contributed by atoms with van der Waals surface area (Å²) in [6.45, 7) is 0. The van der Waals surface area contributed by atoms with Crippen molar-refractivity contribution in [2.45, 2.75) is 18.5 Å². The number of nitrogens with zero attached hydrogens (tertiary/aromatic N) is 1. The minimum absolute atomic E-state index is 0.159. The van der Waals surface area contributed by atoms with E-state index in [1.165, 1.54) is 12.1 Å². The van der Waals surface area contributed by atoms with Gasteiger partial charge in [-0.05, 0) is 24.6 Å². The molecule has 0 heterocycles. The van der Waals surface area contributed by atoms with Crippen LogP contribution < -0.4 is 11.1 Å². The summed E-state index contributed by atoms with van der Waals surface area (Å²) in [5.41, 5.74) is 6.60. The fraction of sp³-hybridized carbons (Fsp3) is 0.300. The maximum Gasteiger partial charge on any atom is 0.124 e. The van der Waals surface area contributed by atoms with Gasteiger partial charge in [-0.15, -0.1) is 0 Å². The van der Waals surface area contributed by atoms with Crippen molar-refractivity contribution in [2.75, 3.05) is 5.32 Å². The Hall–Kier alpha value is -1.60. The number of nitrogens with one attached hydrogen (secondary N) is 1. The molecule has 1 aliphatic rings. The van der Waals surface area contributed by atoms with E-state index < -0.39 is 5.82 Å². The number of nitrogens with two attached hydrogens (primary N) is 1. The van der Waals surface area contributed by atoms with Gasteiger partial charge >= 0.3 is 0 Å². The average molecular weight is 191 g/mol. The molecular weight excluding hydrogens is 181 g/mol. The highest BCUT2D eigenvalue weighted by molar-refractivity contribution is 5.58. The van der Waals surface area contributed by atoms with Crippen LogP contribution in [-0.2, 0) is 0 Å². The summed E-state index contributed by atoms with van der Waals surface area (Å²) in [4.78, 5) is 0. The molecule has 14 heavy (non-hydrogen) atoms. The molecule has 1 aliphatic carbocycles. The summed E-state index contributed by atoms with van der Waals surface area (Å²) >= 11 is 0. The van der Waals surface area contributed by atoms with E-state index in [9.17, 15) is 4.39 Å². The first kappa shape index (κ1) is 8.97. The summed E-state index contributed by atoms with van der Waals surface area (Å²) in [7, 11) is 0. The van der Waals surface area contributed by atoms with E-state index >= 15 is 0 Å². The minimum atomic E-state index is -0.396. The van der Waals surface area contributed by atoms with Crippen molar-refractivity contribution >= 4 is 5.69 Å². The third kappa shape index (κ3) is 1.68. The topological polar surface area (TPSA) is 61.8 Å². The Bertz CT molecular complexity index is 397. The van der Waals surface area contributed by atoms with Crippen molar-refractivity contribution in [1.82, 2.24) is 0 Å². The molecule has 3 N–H and O–H groups in total. The van der Waals surface area contributed by atoms with Crippen molar-refractivity contribution in [3.63, 3.8) is 0 Å². The lowest BCUT2D eigenvalue weighted by Crippen LogP contribution is -2.13. The molecule has 1 aromatic carbocycles. The lowest BCUT2D eigenvalue weighted by Gasteiger charge is -2.06. The first-order chi connectivity index (χ1) is 6.70. The van der Waals surface area contributed by atoms with Crippen LogP contribution in [0.2, 0.25) is 0 Å². The Labute approximate surface area is 81.3 Å². The number of anilines is 1. The molecule has 0 radical (unpaired) electrons. The molecule has 2 rings (SSSR count). The van der Waals surface area contributed by atoms with Crippen LogP contribution in [0.4, 0.5) is 10.1 Å². The highest BCUT2D eigenvalue weighted by Crippen LogP contribution is 2.26. The van der Waals surface area contributed by atoms with E-state index in [1.807, 2.05) is 6.07 Å². The van der Waals surface area contributed by atoms with E-state index in [0.717, 1.165) is 6.42 Å². The molecule has 2 unspecified atom stereocenters. The van der Waals surface area contributed by atoms with Crippen LogP contribution in [0.3, 0.4) is 0 Å². The lowest BCUT2D eigenvalue weighted by atomic mass is 10.2. The third-order valence-corrected chi connectivity index (χ3v) is 2.28. The largest absolute Gasteiger partial charge is 0.380 e. The molecule has 2 atom stereocenters. The number of rotatable bonds is 2. The monoisotopic (exact) mass is 191 g/mol. The fourth-order valence-electron chi connectivity index (χ4n) is 1.32. The molecule has 0 spiro atoms. The summed E-state index contributed by atoms with van der Waals surface area (Å²) < 4.78 is 12.8. The average Bonchev–Trinajstić information content (AvgIpc) is 2.85. The quantitative estimate of drug-likeness (QED) is 0.738. The van der Waals surface area contributed by atoms with Crippen molar-refractivity contribution in [2.24, 2.45) is 5.73 Å². The fourth-order valence-corrected chi connectivity index (χ4v) is 1.32. The molecule has 1 aromatic rings. The summed E-state index contributed by atoms with van der Waals surface area (Å²) in [6, 6.07) is 6.45. The molecule has 0 aromatic heterocycles. The maximum atomic E-state index is 12.8. The second-order valence-corrected chi connectivity index (χ2v) is 3.45. The van der Waals surface area contributed by atoms with E-state index in [2.05, 4.69) is 5.32 Å². The Kier molecular flexibility index (Phi) is 2.10. The van der Waals surface area contributed by atoms with Crippen LogP contribution in [0, 0.1) is 17.1 Å². The van der Waals surface area contributed by atoms with Crippen LogP contribution in [-0.4, -0.2) is 12.1 Å². The van der Waals surface area contributed by atoms with Gasteiger partial charge < -0.3 is 11.1 Å². The molecule has 72 valence electrons. The van der Waals surface area contributed by atoms with Crippen LogP contribution >= 0.6 is 0 Å². The van der Waals surface area contributed by atoms with E-state index in [-0.39, 0.29) is 12.1 Å². The Morgan fingerprint density at radius 1 is 1.57 bits per heavy atom. The standard InChI is InChI=1S/C10H10FN3/c11-7-1-2-9(6(3-7)5-12)14-10-4-8(10)13/h1-3,8,10,14H,4,13H2. The maximum absolute atomic E-state index is 12.8. The predicted molar refractivity (Wildman–Crippen MR) is 51.1 cm³/mol. The third-order valence-electron chi connectivity index (χ3n) is 2.28. The van der Waals surface area contributed by atoms with Gasteiger partial charge in [0.25, 0.3) is 0 Å². The van der Waals surface area contributed by atoms with E-state index in [4.69, 9.17) is 11.0 Å². The Morgan fingerprint density at radius 2 is 2.29 bits per heavy atom. The summed E-state index contributed by atoms with van der Waals surface area (Å²) in [6.07, 6.45) is 0.905. The van der Waals surface area contributed by atoms with Gasteiger partial charge in [0.15, 0.2) is 0 Å². The van der Waals surface area contributed by atoms with Gasteiger partial charge in [-0.2, -0.15) is 5.26 Å². The molecule has 0 aliphatic heterocycles. The zero-order valence-corrected chi connectivity index (χ0v) is 7.50. The van der Waals surface area contributed by atoms with E-state index in [1.54, 1.807) is 6.07 Å². The number of halogens is 1. The second kappa shape index (κ2) is 3.28. The van der Waals surface area contributed by atoms with Crippen LogP contribution in [0.1, 0.15) is 12.0 Å². The van der Waals surface area contributed by atoms with Gasteiger partial charge in [-0.25, -0.2) is 4.39 Å². The van der Waals surface area contributed by atoms with Crippen molar-refractivity contribution < 1.29 is 4.39 Å². The second-order valence-electron chi connectivity index (χ2n) is 3.45. The summed E-state index contributed by atoms with van der Waals surface area (Å²) in [5.74, 6) is -0.396. The molecule has 3 nitrogen and oxygen atoms in total. The number of hydrogen-bond acceptors (Lipinski definition) is 3. The number of hydrogen-bond donors (Lipinski definition) is 2. The van der Waals surface area contributed by atoms with Crippen LogP contribution in [0.5, 0.6) is 0 Å². The molecule has 0 saturated heterocycles. The molecule has 1 fully saturated rings.